The molecule has 3 N–H and O–H groups in total. The first-order chi connectivity index (χ1) is 15.5. The quantitative estimate of drug-likeness (QED) is 0.299. The molecule has 10 heteroatoms. The van der Waals surface area contributed by atoms with Crippen LogP contribution in [-0.2, 0) is 0 Å². The Balaban J connectivity index is 1.57. The van der Waals surface area contributed by atoms with E-state index in [1.807, 2.05) is 25.1 Å². The number of imidazole rings is 1. The number of benzene rings is 1. The fraction of sp³-hybridized carbons (Fsp3) is 0.136. The number of nitrogens with one attached hydrogen (secondary N) is 3. The van der Waals surface area contributed by atoms with Crippen LogP contribution in [0.25, 0.3) is 22.6 Å². The first-order valence-corrected chi connectivity index (χ1v) is 10.9. The lowest BCUT2D eigenvalue weighted by Gasteiger charge is -2.12. The Labute approximate surface area is 198 Å². The van der Waals surface area contributed by atoms with Crippen LogP contribution in [-0.4, -0.2) is 38.0 Å². The van der Waals surface area contributed by atoms with Crippen LogP contribution >= 0.6 is 27.5 Å². The largest absolute Gasteiger partial charge is 0.367 e. The number of rotatable bonds is 7. The van der Waals surface area contributed by atoms with Crippen LogP contribution in [0.2, 0.25) is 5.02 Å². The van der Waals surface area contributed by atoms with Crippen LogP contribution in [0, 0.1) is 18.3 Å². The molecule has 0 spiro atoms. The second-order valence-corrected chi connectivity index (χ2v) is 8.18. The topological polar surface area (TPSA) is 115 Å². The lowest BCUT2D eigenvalue weighted by Crippen LogP contribution is -2.16. The van der Waals surface area contributed by atoms with Crippen LogP contribution in [0.1, 0.15) is 11.3 Å². The maximum atomic E-state index is 9.17. The molecule has 0 bridgehead atoms. The average molecular weight is 510 g/mol. The molecule has 32 heavy (non-hydrogen) atoms. The Morgan fingerprint density at radius 1 is 1.09 bits per heavy atom. The monoisotopic (exact) mass is 508 g/mol. The van der Waals surface area contributed by atoms with Crippen molar-refractivity contribution < 1.29 is 0 Å². The molecular weight excluding hydrogens is 492 g/mol. The van der Waals surface area contributed by atoms with Gasteiger partial charge in [-0.05, 0) is 31.2 Å². The zero-order valence-electron chi connectivity index (χ0n) is 17.0. The van der Waals surface area contributed by atoms with Gasteiger partial charge in [0.25, 0.3) is 0 Å². The fourth-order valence-electron chi connectivity index (χ4n) is 3.07. The minimum Gasteiger partial charge on any atom is -0.367 e. The zero-order chi connectivity index (χ0) is 22.5. The second kappa shape index (κ2) is 9.77. The third kappa shape index (κ3) is 4.88. The summed E-state index contributed by atoms with van der Waals surface area (Å²) < 4.78 is 0.881. The Bertz CT molecular complexity index is 1300. The summed E-state index contributed by atoms with van der Waals surface area (Å²) in [6.07, 6.45) is 5.12. The van der Waals surface area contributed by atoms with Gasteiger partial charge in [0.1, 0.15) is 17.7 Å². The smallest absolute Gasteiger partial charge is 0.223 e. The minimum atomic E-state index is 0.453. The molecule has 0 fully saturated rings. The molecule has 0 amide bonds. The lowest BCUT2D eigenvalue weighted by molar-refractivity contribution is 1.02. The summed E-state index contributed by atoms with van der Waals surface area (Å²) in [6.45, 7) is 2.99. The average Bonchev–Trinajstić information content (AvgIpc) is 3.23. The highest BCUT2D eigenvalue weighted by Crippen LogP contribution is 2.35. The standard InChI is InChI=1S/C22H18BrClN8/c1-13-11-29-21(31-13)17-12-30-22(32-19(17)16-5-4-15(23)9-18(16)24)28-8-7-27-20-14(10-25)3-2-6-26-20/h2-6,9,11-12H,7-8H2,1H3,(H,26,27)(H,29,31)(H,28,30,32). The van der Waals surface area contributed by atoms with Crippen molar-refractivity contribution in [3.63, 3.8) is 0 Å². The van der Waals surface area contributed by atoms with Crippen molar-refractivity contribution in [1.82, 2.24) is 24.9 Å². The number of pyridine rings is 1. The number of halogens is 2. The van der Waals surface area contributed by atoms with E-state index in [2.05, 4.69) is 52.6 Å². The van der Waals surface area contributed by atoms with Gasteiger partial charge in [-0.25, -0.2) is 19.9 Å². The first-order valence-electron chi connectivity index (χ1n) is 9.72. The fourth-order valence-corrected chi connectivity index (χ4v) is 3.83. The van der Waals surface area contributed by atoms with Gasteiger partial charge in [0.05, 0.1) is 21.8 Å². The van der Waals surface area contributed by atoms with E-state index in [4.69, 9.17) is 21.8 Å². The highest BCUT2D eigenvalue weighted by Gasteiger charge is 2.16. The number of nitrogens with zero attached hydrogens (tertiary/aromatic N) is 5. The van der Waals surface area contributed by atoms with E-state index in [-0.39, 0.29) is 0 Å². The summed E-state index contributed by atoms with van der Waals surface area (Å²) in [5.41, 5.74) is 3.62. The Kier molecular flexibility index (Phi) is 6.63. The summed E-state index contributed by atoms with van der Waals surface area (Å²) in [7, 11) is 0. The van der Waals surface area contributed by atoms with Crippen molar-refractivity contribution >= 4 is 39.3 Å². The van der Waals surface area contributed by atoms with Crippen molar-refractivity contribution in [2.24, 2.45) is 0 Å². The maximum absolute atomic E-state index is 9.17. The van der Waals surface area contributed by atoms with E-state index in [1.165, 1.54) is 0 Å². The Morgan fingerprint density at radius 3 is 2.69 bits per heavy atom. The van der Waals surface area contributed by atoms with Gasteiger partial charge in [0.15, 0.2) is 0 Å². The Hall–Kier alpha value is -3.48. The van der Waals surface area contributed by atoms with E-state index in [1.54, 1.807) is 30.7 Å². The van der Waals surface area contributed by atoms with Crippen molar-refractivity contribution in [1.29, 1.82) is 5.26 Å². The number of aromatic amines is 1. The maximum Gasteiger partial charge on any atom is 0.223 e. The van der Waals surface area contributed by atoms with Crippen LogP contribution in [0.4, 0.5) is 11.8 Å². The molecular formula is C22H18BrClN8. The molecule has 0 atom stereocenters. The van der Waals surface area contributed by atoms with Crippen molar-refractivity contribution in [2.45, 2.75) is 6.92 Å². The van der Waals surface area contributed by atoms with E-state index in [0.29, 0.717) is 47.0 Å². The highest BCUT2D eigenvalue weighted by atomic mass is 79.9. The van der Waals surface area contributed by atoms with Crippen molar-refractivity contribution in [2.75, 3.05) is 23.7 Å². The molecule has 8 nitrogen and oxygen atoms in total. The molecule has 0 aliphatic carbocycles. The molecule has 4 rings (SSSR count). The van der Waals surface area contributed by atoms with Gasteiger partial charge in [0.2, 0.25) is 5.95 Å². The molecule has 3 heterocycles. The third-order valence-electron chi connectivity index (χ3n) is 4.56. The SMILES string of the molecule is Cc1cnc(-c2cnc(NCCNc3ncccc3C#N)nc2-c2ccc(Br)cc2Cl)[nH]1. The second-order valence-electron chi connectivity index (χ2n) is 6.86. The minimum absolute atomic E-state index is 0.453. The molecule has 4 aromatic rings. The molecule has 3 aromatic heterocycles. The molecule has 160 valence electrons. The van der Waals surface area contributed by atoms with Gasteiger partial charge < -0.3 is 15.6 Å². The van der Waals surface area contributed by atoms with Gasteiger partial charge in [-0.15, -0.1) is 0 Å². The van der Waals surface area contributed by atoms with Crippen LogP contribution in [0.3, 0.4) is 0 Å². The zero-order valence-corrected chi connectivity index (χ0v) is 19.4. The van der Waals surface area contributed by atoms with Gasteiger partial charge in [-0.1, -0.05) is 33.6 Å². The molecule has 1 aromatic carbocycles. The normalized spacial score (nSPS) is 10.6. The molecule has 0 aliphatic heterocycles. The summed E-state index contributed by atoms with van der Waals surface area (Å²) in [6, 6.07) is 11.2. The van der Waals surface area contributed by atoms with E-state index in [9.17, 15) is 0 Å². The molecule has 0 aliphatic rings. The van der Waals surface area contributed by atoms with Gasteiger partial charge in [-0.2, -0.15) is 5.26 Å². The number of aromatic nitrogens is 5. The predicted octanol–water partition coefficient (Wildman–Crippen LogP) is 5.05. The molecule has 0 saturated heterocycles. The van der Waals surface area contributed by atoms with E-state index in [0.717, 1.165) is 21.3 Å². The summed E-state index contributed by atoms with van der Waals surface area (Å²) in [4.78, 5) is 21.0. The van der Waals surface area contributed by atoms with E-state index >= 15 is 0 Å². The highest BCUT2D eigenvalue weighted by molar-refractivity contribution is 9.10. The van der Waals surface area contributed by atoms with Gasteiger partial charge >= 0.3 is 0 Å². The lowest BCUT2D eigenvalue weighted by atomic mass is 10.1. The predicted molar refractivity (Wildman–Crippen MR) is 128 cm³/mol. The van der Waals surface area contributed by atoms with Crippen LogP contribution < -0.4 is 10.6 Å². The van der Waals surface area contributed by atoms with Crippen LogP contribution in [0.5, 0.6) is 0 Å². The number of anilines is 2. The number of hydrogen-bond acceptors (Lipinski definition) is 7. The van der Waals surface area contributed by atoms with Crippen molar-refractivity contribution in [3.05, 3.63) is 69.7 Å². The van der Waals surface area contributed by atoms with E-state index < -0.39 is 0 Å². The summed E-state index contributed by atoms with van der Waals surface area (Å²) in [5.74, 6) is 1.67. The van der Waals surface area contributed by atoms with Gasteiger partial charge in [-0.3, -0.25) is 0 Å². The first kappa shape index (κ1) is 21.7. The molecule has 0 saturated carbocycles. The Morgan fingerprint density at radius 2 is 1.94 bits per heavy atom. The molecule has 0 unspecified atom stereocenters. The summed E-state index contributed by atoms with van der Waals surface area (Å²) >= 11 is 9.96. The van der Waals surface area contributed by atoms with Crippen molar-refractivity contribution in [3.8, 4) is 28.7 Å². The summed E-state index contributed by atoms with van der Waals surface area (Å²) in [5, 5.41) is 16.1. The molecule has 0 radical (unpaired) electrons. The third-order valence-corrected chi connectivity index (χ3v) is 5.37. The number of aryl methyl sites for hydroxylation is 1. The van der Waals surface area contributed by atoms with Crippen LogP contribution in [0.15, 0.2) is 53.4 Å². The number of nitriles is 1. The number of H-pyrrole nitrogens is 1. The van der Waals surface area contributed by atoms with Gasteiger partial charge in [0, 0.05) is 47.4 Å². The number of hydrogen-bond donors (Lipinski definition) is 3.